The van der Waals surface area contributed by atoms with E-state index in [4.69, 9.17) is 9.84 Å². The van der Waals surface area contributed by atoms with Crippen molar-refractivity contribution in [2.45, 2.75) is 6.42 Å². The summed E-state index contributed by atoms with van der Waals surface area (Å²) in [5, 5.41) is 18.1. The van der Waals surface area contributed by atoms with Crippen molar-refractivity contribution in [1.82, 2.24) is 0 Å². The zero-order valence-corrected chi connectivity index (χ0v) is 8.06. The van der Waals surface area contributed by atoms with Gasteiger partial charge in [-0.3, -0.25) is 9.59 Å². The largest absolute Gasteiger partial charge is 0.504 e. The van der Waals surface area contributed by atoms with Gasteiger partial charge in [0.05, 0.1) is 13.5 Å². The number of benzene rings is 1. The third-order valence-corrected chi connectivity index (χ3v) is 1.87. The Morgan fingerprint density at radius 1 is 1.53 bits per heavy atom. The van der Waals surface area contributed by atoms with Crippen LogP contribution in [0.5, 0.6) is 11.5 Å². The topological polar surface area (TPSA) is 83.8 Å². The molecule has 0 saturated heterocycles. The molecule has 0 fully saturated rings. The Morgan fingerprint density at radius 3 is 2.67 bits per heavy atom. The zero-order chi connectivity index (χ0) is 11.4. The molecule has 15 heavy (non-hydrogen) atoms. The van der Waals surface area contributed by atoms with E-state index in [1.54, 1.807) is 0 Å². The zero-order valence-electron chi connectivity index (χ0n) is 8.06. The van der Waals surface area contributed by atoms with E-state index in [1.807, 2.05) is 0 Å². The fraction of sp³-hybridized carbons (Fsp3) is 0.200. The average Bonchev–Trinajstić information content (AvgIpc) is 2.20. The molecule has 5 heteroatoms. The van der Waals surface area contributed by atoms with Gasteiger partial charge in [-0.05, 0) is 12.1 Å². The first-order chi connectivity index (χ1) is 7.08. The van der Waals surface area contributed by atoms with Crippen LogP contribution in [-0.2, 0) is 11.2 Å². The van der Waals surface area contributed by atoms with Crippen molar-refractivity contribution < 1.29 is 24.5 Å². The smallest absolute Gasteiger partial charge is 0.307 e. The molecule has 0 amide bonds. The summed E-state index contributed by atoms with van der Waals surface area (Å²) in [6, 6.07) is 2.66. The molecule has 5 nitrogen and oxygen atoms in total. The highest BCUT2D eigenvalue weighted by Gasteiger charge is 2.12. The predicted molar refractivity (Wildman–Crippen MR) is 51.4 cm³/mol. The van der Waals surface area contributed by atoms with Crippen molar-refractivity contribution in [1.29, 1.82) is 0 Å². The van der Waals surface area contributed by atoms with Crippen molar-refractivity contribution in [3.8, 4) is 11.5 Å². The number of phenolic OH excluding ortho intramolecular Hbond substituents is 1. The van der Waals surface area contributed by atoms with Crippen molar-refractivity contribution in [2.24, 2.45) is 0 Å². The minimum Gasteiger partial charge on any atom is -0.504 e. The number of hydrogen-bond acceptors (Lipinski definition) is 4. The van der Waals surface area contributed by atoms with Crippen LogP contribution in [0, 0.1) is 0 Å². The van der Waals surface area contributed by atoms with Crippen molar-refractivity contribution in [3.63, 3.8) is 0 Å². The van der Waals surface area contributed by atoms with Crippen molar-refractivity contribution in [3.05, 3.63) is 23.3 Å². The van der Waals surface area contributed by atoms with Gasteiger partial charge in [-0.2, -0.15) is 0 Å². The number of methoxy groups -OCH3 is 1. The second-order valence-electron chi connectivity index (χ2n) is 2.92. The molecule has 0 unspecified atom stereocenters. The van der Waals surface area contributed by atoms with Gasteiger partial charge >= 0.3 is 5.97 Å². The van der Waals surface area contributed by atoms with E-state index in [0.29, 0.717) is 6.29 Å². The van der Waals surface area contributed by atoms with Gasteiger partial charge in [0.1, 0.15) is 6.29 Å². The SMILES string of the molecule is COc1cc(C=O)cc(CC(=O)O)c1O. The number of ether oxygens (including phenoxy) is 1. The van der Waals surface area contributed by atoms with E-state index < -0.39 is 5.97 Å². The highest BCUT2D eigenvalue weighted by molar-refractivity contribution is 5.79. The molecule has 0 aliphatic carbocycles. The van der Waals surface area contributed by atoms with Gasteiger partial charge in [0, 0.05) is 11.1 Å². The lowest BCUT2D eigenvalue weighted by atomic mass is 10.1. The molecule has 0 aliphatic rings. The number of carboxylic acid groups (broad SMARTS) is 1. The molecule has 0 radical (unpaired) electrons. The summed E-state index contributed by atoms with van der Waals surface area (Å²) in [4.78, 5) is 21.0. The van der Waals surface area contributed by atoms with Gasteiger partial charge in [0.25, 0.3) is 0 Å². The molecule has 80 valence electrons. The van der Waals surface area contributed by atoms with Gasteiger partial charge in [-0.15, -0.1) is 0 Å². The van der Waals surface area contributed by atoms with Gasteiger partial charge in [0.15, 0.2) is 11.5 Å². The summed E-state index contributed by atoms with van der Waals surface area (Å²) in [6.45, 7) is 0. The number of hydrogen-bond donors (Lipinski definition) is 2. The number of rotatable bonds is 4. The summed E-state index contributed by atoms with van der Waals surface area (Å²) in [5.74, 6) is -1.24. The number of carbonyl (C=O) groups excluding carboxylic acids is 1. The Labute approximate surface area is 85.9 Å². The normalized spacial score (nSPS) is 9.67. The van der Waals surface area contributed by atoms with Crippen LogP contribution in [0.2, 0.25) is 0 Å². The number of aliphatic carboxylic acids is 1. The summed E-state index contributed by atoms with van der Waals surface area (Å²) in [6.07, 6.45) is 0.206. The lowest BCUT2D eigenvalue weighted by Gasteiger charge is -2.08. The third kappa shape index (κ3) is 2.46. The molecule has 0 bridgehead atoms. The summed E-state index contributed by atoms with van der Waals surface area (Å²) < 4.78 is 4.81. The third-order valence-electron chi connectivity index (χ3n) is 1.87. The molecule has 1 rings (SSSR count). The van der Waals surface area contributed by atoms with Gasteiger partial charge in [-0.1, -0.05) is 0 Å². The Morgan fingerprint density at radius 2 is 2.20 bits per heavy atom. The molecule has 2 N–H and O–H groups in total. The molecule has 0 saturated carbocycles. The van der Waals surface area contributed by atoms with Crippen LogP contribution >= 0.6 is 0 Å². The summed E-state index contributed by atoms with van der Waals surface area (Å²) >= 11 is 0. The minimum absolute atomic E-state index is 0.0934. The number of phenols is 1. The first-order valence-corrected chi connectivity index (χ1v) is 4.15. The van der Waals surface area contributed by atoms with Gasteiger partial charge < -0.3 is 14.9 Å². The van der Waals surface area contributed by atoms with E-state index in [0.717, 1.165) is 0 Å². The van der Waals surface area contributed by atoms with Crippen LogP contribution in [0.4, 0.5) is 0 Å². The number of aldehydes is 1. The predicted octanol–water partition coefficient (Wildman–Crippen LogP) is 0.840. The van der Waals surface area contributed by atoms with Crippen LogP contribution in [0.25, 0.3) is 0 Å². The van der Waals surface area contributed by atoms with E-state index in [2.05, 4.69) is 0 Å². The van der Waals surface area contributed by atoms with Crippen LogP contribution in [-0.4, -0.2) is 29.6 Å². The fourth-order valence-corrected chi connectivity index (χ4v) is 1.21. The first-order valence-electron chi connectivity index (χ1n) is 4.15. The van der Waals surface area contributed by atoms with Crippen molar-refractivity contribution in [2.75, 3.05) is 7.11 Å². The second-order valence-corrected chi connectivity index (χ2v) is 2.92. The quantitative estimate of drug-likeness (QED) is 0.719. The lowest BCUT2D eigenvalue weighted by molar-refractivity contribution is -0.136. The summed E-state index contributed by atoms with van der Waals surface area (Å²) in [7, 11) is 1.33. The monoisotopic (exact) mass is 210 g/mol. The first kappa shape index (κ1) is 11.0. The number of carboxylic acids is 1. The van der Waals surface area contributed by atoms with Gasteiger partial charge in [-0.25, -0.2) is 0 Å². The molecule has 1 aromatic carbocycles. The van der Waals surface area contributed by atoms with Crippen LogP contribution in [0.1, 0.15) is 15.9 Å². The Kier molecular flexibility index (Phi) is 3.28. The maximum absolute atomic E-state index is 10.5. The van der Waals surface area contributed by atoms with E-state index in [-0.39, 0.29) is 29.0 Å². The van der Waals surface area contributed by atoms with Crippen LogP contribution in [0.15, 0.2) is 12.1 Å². The molecule has 0 atom stereocenters. The molecule has 0 heterocycles. The van der Waals surface area contributed by atoms with Gasteiger partial charge in [0.2, 0.25) is 0 Å². The van der Waals surface area contributed by atoms with E-state index >= 15 is 0 Å². The number of carbonyl (C=O) groups is 2. The maximum atomic E-state index is 10.5. The molecule has 0 aromatic heterocycles. The van der Waals surface area contributed by atoms with E-state index in [1.165, 1.54) is 19.2 Å². The maximum Gasteiger partial charge on any atom is 0.307 e. The Bertz CT molecular complexity index is 397. The molecule has 1 aromatic rings. The molecular weight excluding hydrogens is 200 g/mol. The number of aromatic hydroxyl groups is 1. The van der Waals surface area contributed by atoms with E-state index in [9.17, 15) is 14.7 Å². The fourth-order valence-electron chi connectivity index (χ4n) is 1.21. The molecule has 0 spiro atoms. The standard InChI is InChI=1S/C10H10O5/c1-15-8-3-6(5-11)2-7(10(8)14)4-9(12)13/h2-3,5,14H,4H2,1H3,(H,12,13). The summed E-state index contributed by atoms with van der Waals surface area (Å²) in [5.41, 5.74) is 0.421. The minimum atomic E-state index is -1.09. The Balaban J connectivity index is 3.23. The highest BCUT2D eigenvalue weighted by atomic mass is 16.5. The Hall–Kier alpha value is -2.04. The lowest BCUT2D eigenvalue weighted by Crippen LogP contribution is -2.02. The van der Waals surface area contributed by atoms with Crippen LogP contribution < -0.4 is 4.74 Å². The average molecular weight is 210 g/mol. The van der Waals surface area contributed by atoms with Crippen molar-refractivity contribution >= 4 is 12.3 Å². The van der Waals surface area contributed by atoms with Crippen LogP contribution in [0.3, 0.4) is 0 Å². The second kappa shape index (κ2) is 4.45. The molecular formula is C10H10O5. The highest BCUT2D eigenvalue weighted by Crippen LogP contribution is 2.31. The molecule has 0 aliphatic heterocycles.